The molecule has 0 amide bonds. The van der Waals surface area contributed by atoms with Crippen LogP contribution in [0.1, 0.15) is 53.2 Å². The molecule has 0 unspecified atom stereocenters. The van der Waals surface area contributed by atoms with Gasteiger partial charge >= 0.3 is 5.97 Å². The summed E-state index contributed by atoms with van der Waals surface area (Å²) in [5, 5.41) is 9.22. The summed E-state index contributed by atoms with van der Waals surface area (Å²) in [5.74, 6) is -0.859. The zero-order valence-corrected chi connectivity index (χ0v) is 10.8. The van der Waals surface area contributed by atoms with E-state index in [4.69, 9.17) is 5.73 Å². The average molecular weight is 235 g/mol. The number of hydrogen-bond acceptors (Lipinski definition) is 2. The molecule has 0 aliphatic heterocycles. The Labute approximate surface area is 103 Å². The molecule has 0 fully saturated rings. The van der Waals surface area contributed by atoms with E-state index in [-0.39, 0.29) is 0 Å². The number of rotatable bonds is 5. The minimum absolute atomic E-state index is 0.408. The lowest BCUT2D eigenvalue weighted by molar-refractivity contribution is 0.0695. The first-order valence-corrected chi connectivity index (χ1v) is 6.10. The number of carboxylic acids is 1. The summed E-state index contributed by atoms with van der Waals surface area (Å²) in [6, 6.07) is 1.69. The van der Waals surface area contributed by atoms with Gasteiger partial charge in [0.05, 0.1) is 5.56 Å². The third kappa shape index (κ3) is 2.99. The Balaban J connectivity index is 3.15. The molecule has 3 N–H and O–H groups in total. The highest BCUT2D eigenvalue weighted by molar-refractivity contribution is 5.91. The molecule has 0 heterocycles. The smallest absolute Gasteiger partial charge is 0.335 e. The maximum atomic E-state index is 11.2. The van der Waals surface area contributed by atoms with Gasteiger partial charge in [-0.15, -0.1) is 0 Å². The first-order valence-electron chi connectivity index (χ1n) is 6.10. The number of benzene rings is 1. The van der Waals surface area contributed by atoms with Crippen molar-refractivity contribution in [3.05, 3.63) is 28.3 Å². The third-order valence-electron chi connectivity index (χ3n) is 3.23. The molecule has 0 atom stereocenters. The fourth-order valence-corrected chi connectivity index (χ4v) is 2.11. The van der Waals surface area contributed by atoms with E-state index < -0.39 is 5.97 Å². The minimum Gasteiger partial charge on any atom is -0.478 e. The van der Waals surface area contributed by atoms with E-state index in [1.165, 1.54) is 0 Å². The zero-order chi connectivity index (χ0) is 13.0. The fourth-order valence-electron chi connectivity index (χ4n) is 2.11. The molecule has 0 saturated carbocycles. The molecule has 1 aromatic rings. The SMILES string of the molecule is CCCCCc1c(C(=O)O)cc(C)c(N)c1C. The fraction of sp³-hybridized carbons (Fsp3) is 0.500. The van der Waals surface area contributed by atoms with Crippen molar-refractivity contribution in [1.29, 1.82) is 0 Å². The van der Waals surface area contributed by atoms with Crippen molar-refractivity contribution in [1.82, 2.24) is 0 Å². The van der Waals surface area contributed by atoms with E-state index >= 15 is 0 Å². The number of nitrogens with two attached hydrogens (primary N) is 1. The molecule has 3 nitrogen and oxygen atoms in total. The van der Waals surface area contributed by atoms with Crippen LogP contribution in [-0.2, 0) is 6.42 Å². The van der Waals surface area contributed by atoms with E-state index in [0.717, 1.165) is 48.1 Å². The summed E-state index contributed by atoms with van der Waals surface area (Å²) < 4.78 is 0. The molecule has 0 spiro atoms. The minimum atomic E-state index is -0.859. The van der Waals surface area contributed by atoms with Gasteiger partial charge in [-0.25, -0.2) is 4.79 Å². The van der Waals surface area contributed by atoms with Crippen molar-refractivity contribution in [3.63, 3.8) is 0 Å². The Morgan fingerprint density at radius 1 is 1.35 bits per heavy atom. The first-order chi connectivity index (χ1) is 7.99. The van der Waals surface area contributed by atoms with Crippen LogP contribution in [0.4, 0.5) is 5.69 Å². The summed E-state index contributed by atoms with van der Waals surface area (Å²) in [5.41, 5.74) is 9.77. The van der Waals surface area contributed by atoms with E-state index in [0.29, 0.717) is 5.56 Å². The Kier molecular flexibility index (Phi) is 4.55. The highest BCUT2D eigenvalue weighted by atomic mass is 16.4. The summed E-state index contributed by atoms with van der Waals surface area (Å²) >= 11 is 0. The number of hydrogen-bond donors (Lipinski definition) is 2. The van der Waals surface area contributed by atoms with Crippen LogP contribution in [0.2, 0.25) is 0 Å². The van der Waals surface area contributed by atoms with Gasteiger partial charge in [0, 0.05) is 5.69 Å². The van der Waals surface area contributed by atoms with E-state index in [9.17, 15) is 9.90 Å². The van der Waals surface area contributed by atoms with Crippen LogP contribution < -0.4 is 5.73 Å². The molecule has 1 aromatic carbocycles. The van der Waals surface area contributed by atoms with Gasteiger partial charge in [0.2, 0.25) is 0 Å². The van der Waals surface area contributed by atoms with Crippen LogP contribution in [0.15, 0.2) is 6.07 Å². The topological polar surface area (TPSA) is 63.3 Å². The molecular weight excluding hydrogens is 214 g/mol. The van der Waals surface area contributed by atoms with Crippen molar-refractivity contribution in [2.45, 2.75) is 46.5 Å². The van der Waals surface area contributed by atoms with Crippen molar-refractivity contribution in [2.75, 3.05) is 5.73 Å². The third-order valence-corrected chi connectivity index (χ3v) is 3.23. The lowest BCUT2D eigenvalue weighted by atomic mass is 9.93. The quantitative estimate of drug-likeness (QED) is 0.608. The Morgan fingerprint density at radius 3 is 2.53 bits per heavy atom. The van der Waals surface area contributed by atoms with Crippen LogP contribution in [0.25, 0.3) is 0 Å². The Hall–Kier alpha value is -1.51. The molecule has 0 radical (unpaired) electrons. The lowest BCUT2D eigenvalue weighted by Crippen LogP contribution is -2.08. The highest BCUT2D eigenvalue weighted by Gasteiger charge is 2.15. The molecule has 0 aromatic heterocycles. The molecule has 3 heteroatoms. The van der Waals surface area contributed by atoms with Crippen molar-refractivity contribution < 1.29 is 9.90 Å². The zero-order valence-electron chi connectivity index (χ0n) is 10.8. The molecule has 17 heavy (non-hydrogen) atoms. The highest BCUT2D eigenvalue weighted by Crippen LogP contribution is 2.26. The molecule has 0 bridgehead atoms. The van der Waals surface area contributed by atoms with Crippen molar-refractivity contribution in [3.8, 4) is 0 Å². The molecule has 0 saturated heterocycles. The van der Waals surface area contributed by atoms with Crippen LogP contribution >= 0.6 is 0 Å². The molecule has 0 aliphatic rings. The van der Waals surface area contributed by atoms with Crippen LogP contribution in [-0.4, -0.2) is 11.1 Å². The van der Waals surface area contributed by atoms with Gasteiger partial charge < -0.3 is 10.8 Å². The number of aromatic carboxylic acids is 1. The van der Waals surface area contributed by atoms with Gasteiger partial charge in [0.15, 0.2) is 0 Å². The standard InChI is InChI=1S/C14H21NO2/c1-4-5-6-7-11-10(3)13(15)9(2)8-12(11)14(16)17/h8H,4-7,15H2,1-3H3,(H,16,17). The van der Waals surface area contributed by atoms with Gasteiger partial charge in [0.1, 0.15) is 0 Å². The number of carbonyl (C=O) groups is 1. The average Bonchev–Trinajstić information content (AvgIpc) is 2.28. The second-order valence-electron chi connectivity index (χ2n) is 4.52. The monoisotopic (exact) mass is 235 g/mol. The van der Waals surface area contributed by atoms with Gasteiger partial charge in [-0.1, -0.05) is 19.8 Å². The normalized spacial score (nSPS) is 10.5. The van der Waals surface area contributed by atoms with Gasteiger partial charge in [-0.3, -0.25) is 0 Å². The summed E-state index contributed by atoms with van der Waals surface area (Å²) in [7, 11) is 0. The predicted molar refractivity (Wildman–Crippen MR) is 70.5 cm³/mol. The van der Waals surface area contributed by atoms with Crippen LogP contribution in [0.3, 0.4) is 0 Å². The van der Waals surface area contributed by atoms with Crippen molar-refractivity contribution >= 4 is 11.7 Å². The van der Waals surface area contributed by atoms with E-state index in [1.807, 2.05) is 13.8 Å². The maximum absolute atomic E-state index is 11.2. The number of nitrogen functional groups attached to an aromatic ring is 1. The number of unbranched alkanes of at least 4 members (excludes halogenated alkanes) is 2. The number of anilines is 1. The second-order valence-corrected chi connectivity index (χ2v) is 4.52. The summed E-state index contributed by atoms with van der Waals surface area (Å²) in [4.78, 5) is 11.2. The van der Waals surface area contributed by atoms with Gasteiger partial charge in [-0.05, 0) is 49.4 Å². The van der Waals surface area contributed by atoms with Crippen molar-refractivity contribution in [2.24, 2.45) is 0 Å². The van der Waals surface area contributed by atoms with E-state index in [1.54, 1.807) is 6.07 Å². The lowest BCUT2D eigenvalue weighted by Gasteiger charge is -2.14. The number of aryl methyl sites for hydroxylation is 1. The van der Waals surface area contributed by atoms with Gasteiger partial charge in [0.25, 0.3) is 0 Å². The first kappa shape index (κ1) is 13.6. The number of carboxylic acid groups (broad SMARTS) is 1. The van der Waals surface area contributed by atoms with Crippen LogP contribution in [0.5, 0.6) is 0 Å². The molecule has 0 aliphatic carbocycles. The predicted octanol–water partition coefficient (Wildman–Crippen LogP) is 3.32. The molecule has 1 rings (SSSR count). The Bertz CT molecular complexity index is 425. The summed E-state index contributed by atoms with van der Waals surface area (Å²) in [6.45, 7) is 5.90. The Morgan fingerprint density at radius 2 is 2.00 bits per heavy atom. The van der Waals surface area contributed by atoms with Gasteiger partial charge in [-0.2, -0.15) is 0 Å². The summed E-state index contributed by atoms with van der Waals surface area (Å²) in [6.07, 6.45) is 4.06. The largest absolute Gasteiger partial charge is 0.478 e. The molecule has 94 valence electrons. The maximum Gasteiger partial charge on any atom is 0.335 e. The molecular formula is C14H21NO2. The van der Waals surface area contributed by atoms with E-state index in [2.05, 4.69) is 6.92 Å². The second kappa shape index (κ2) is 5.71. The van der Waals surface area contributed by atoms with Crippen LogP contribution in [0, 0.1) is 13.8 Å².